The van der Waals surface area contributed by atoms with Gasteiger partial charge in [0.2, 0.25) is 0 Å². The molecule has 0 unspecified atom stereocenters. The van der Waals surface area contributed by atoms with Crippen molar-refractivity contribution in [3.05, 3.63) is 57.6 Å². The van der Waals surface area contributed by atoms with Gasteiger partial charge in [0, 0.05) is 13.5 Å². The number of aryl methyl sites for hydroxylation is 1. The van der Waals surface area contributed by atoms with Gasteiger partial charge in [-0.2, -0.15) is 0 Å². The van der Waals surface area contributed by atoms with E-state index in [9.17, 15) is 4.79 Å². The van der Waals surface area contributed by atoms with Gasteiger partial charge in [0.1, 0.15) is 12.8 Å². The molecule has 0 bridgehead atoms. The first-order valence-corrected chi connectivity index (χ1v) is 8.09. The van der Waals surface area contributed by atoms with Crippen LogP contribution in [0.15, 0.2) is 41.6 Å². The van der Waals surface area contributed by atoms with Crippen molar-refractivity contribution in [2.45, 2.75) is 13.3 Å². The third-order valence-corrected chi connectivity index (χ3v) is 4.39. The van der Waals surface area contributed by atoms with Crippen molar-refractivity contribution in [3.8, 4) is 11.1 Å². The van der Waals surface area contributed by atoms with Gasteiger partial charge >= 0.3 is 0 Å². The Kier molecular flexibility index (Phi) is 6.23. The Labute approximate surface area is 151 Å². The zero-order valence-corrected chi connectivity index (χ0v) is 15.2. The molecule has 126 valence electrons. The minimum Gasteiger partial charge on any atom is -0.399 e. The molecular formula is C18H18Cl2N2O2. The number of carbonyl (C=O) groups is 1. The van der Waals surface area contributed by atoms with E-state index in [2.05, 4.69) is 10.5 Å². The molecule has 2 rings (SSSR count). The first kappa shape index (κ1) is 18.3. The van der Waals surface area contributed by atoms with Crippen molar-refractivity contribution in [3.63, 3.8) is 0 Å². The molecule has 2 aromatic rings. The monoisotopic (exact) mass is 364 g/mol. The van der Waals surface area contributed by atoms with Gasteiger partial charge in [-0.3, -0.25) is 4.79 Å². The van der Waals surface area contributed by atoms with E-state index in [4.69, 9.17) is 28.0 Å². The topological polar surface area (TPSA) is 50.7 Å². The summed E-state index contributed by atoms with van der Waals surface area (Å²) in [6.07, 6.45) is 0.370. The molecule has 0 heterocycles. The van der Waals surface area contributed by atoms with E-state index in [1.54, 1.807) is 13.1 Å². The van der Waals surface area contributed by atoms with E-state index in [1.807, 2.05) is 37.3 Å². The fraction of sp³-hybridized carbons (Fsp3) is 0.222. The number of amides is 1. The van der Waals surface area contributed by atoms with Crippen LogP contribution in [0.1, 0.15) is 11.1 Å². The third-order valence-electron chi connectivity index (χ3n) is 3.65. The number of carbonyl (C=O) groups excluding carboxylic acids is 1. The Morgan fingerprint density at radius 1 is 1.12 bits per heavy atom. The maximum atomic E-state index is 11.9. The van der Waals surface area contributed by atoms with Crippen molar-refractivity contribution in [1.29, 1.82) is 0 Å². The van der Waals surface area contributed by atoms with Crippen molar-refractivity contribution in [2.75, 3.05) is 14.2 Å². The van der Waals surface area contributed by atoms with Gasteiger partial charge in [0.15, 0.2) is 0 Å². The average molecular weight is 365 g/mol. The first-order valence-electron chi connectivity index (χ1n) is 7.33. The predicted molar refractivity (Wildman–Crippen MR) is 98.8 cm³/mol. The summed E-state index contributed by atoms with van der Waals surface area (Å²) in [4.78, 5) is 16.7. The molecular weight excluding hydrogens is 347 g/mol. The zero-order chi connectivity index (χ0) is 17.7. The van der Waals surface area contributed by atoms with Crippen LogP contribution < -0.4 is 5.32 Å². The van der Waals surface area contributed by atoms with Crippen LogP contribution in [0, 0.1) is 6.92 Å². The second-order valence-corrected chi connectivity index (χ2v) is 6.06. The molecule has 1 N–H and O–H groups in total. The minimum absolute atomic E-state index is 0.267. The van der Waals surface area contributed by atoms with Crippen LogP contribution in [0.5, 0.6) is 0 Å². The van der Waals surface area contributed by atoms with Crippen LogP contribution in [0.2, 0.25) is 10.0 Å². The zero-order valence-electron chi connectivity index (χ0n) is 13.7. The van der Waals surface area contributed by atoms with Crippen LogP contribution in [-0.4, -0.2) is 25.8 Å². The van der Waals surface area contributed by atoms with Crippen molar-refractivity contribution in [1.82, 2.24) is 5.32 Å². The lowest BCUT2D eigenvalue weighted by atomic mass is 9.96. The second kappa shape index (κ2) is 8.18. The van der Waals surface area contributed by atoms with Crippen molar-refractivity contribution >= 4 is 34.8 Å². The van der Waals surface area contributed by atoms with E-state index in [1.165, 1.54) is 7.11 Å². The van der Waals surface area contributed by atoms with E-state index in [0.29, 0.717) is 22.2 Å². The molecule has 0 aliphatic heterocycles. The lowest BCUT2D eigenvalue weighted by molar-refractivity contribution is -0.114. The van der Waals surface area contributed by atoms with Crippen LogP contribution in [0.4, 0.5) is 0 Å². The number of nitrogens with zero attached hydrogens (tertiary/aromatic N) is 1. The highest BCUT2D eigenvalue weighted by molar-refractivity contribution is 6.42. The largest absolute Gasteiger partial charge is 0.399 e. The van der Waals surface area contributed by atoms with Crippen molar-refractivity contribution < 1.29 is 9.63 Å². The minimum atomic E-state index is -0.267. The van der Waals surface area contributed by atoms with Gasteiger partial charge in [0.05, 0.1) is 10.0 Å². The number of hydrogen-bond donors (Lipinski definition) is 1. The highest BCUT2D eigenvalue weighted by atomic mass is 35.5. The highest BCUT2D eigenvalue weighted by Gasteiger charge is 2.14. The Bertz CT molecular complexity index is 789. The fourth-order valence-corrected chi connectivity index (χ4v) is 2.60. The molecule has 0 saturated heterocycles. The molecule has 0 aromatic heterocycles. The molecule has 0 aliphatic rings. The molecule has 4 nitrogen and oxygen atoms in total. The summed E-state index contributed by atoms with van der Waals surface area (Å²) >= 11 is 12.1. The van der Waals surface area contributed by atoms with E-state index >= 15 is 0 Å². The van der Waals surface area contributed by atoms with Gasteiger partial charge in [-0.1, -0.05) is 52.6 Å². The standard InChI is InChI=1S/C18H18Cl2N2O2/c1-11-4-5-12(13-6-7-15(19)16(20)9-13)8-14(11)10-17(22-24-3)18(23)21-2/h4-9H,10H2,1-3H3,(H,21,23). The molecule has 0 saturated carbocycles. The van der Waals surface area contributed by atoms with Crippen molar-refractivity contribution in [2.24, 2.45) is 5.16 Å². The molecule has 2 aromatic carbocycles. The Balaban J connectivity index is 2.39. The van der Waals surface area contributed by atoms with E-state index < -0.39 is 0 Å². The Hall–Kier alpha value is -2.04. The van der Waals surface area contributed by atoms with Crippen LogP contribution in [-0.2, 0) is 16.1 Å². The summed E-state index contributed by atoms with van der Waals surface area (Å²) in [5.41, 5.74) is 4.30. The number of halogens is 2. The van der Waals surface area contributed by atoms with Gasteiger partial charge < -0.3 is 10.2 Å². The third kappa shape index (κ3) is 4.28. The predicted octanol–water partition coefficient (Wildman–Crippen LogP) is 4.26. The summed E-state index contributed by atoms with van der Waals surface area (Å²) in [5, 5.41) is 7.41. The maximum Gasteiger partial charge on any atom is 0.269 e. The fourth-order valence-electron chi connectivity index (χ4n) is 2.31. The number of nitrogens with one attached hydrogen (secondary N) is 1. The molecule has 0 aliphatic carbocycles. The smallest absolute Gasteiger partial charge is 0.269 e. The summed E-state index contributed by atoms with van der Waals surface area (Å²) in [6, 6.07) is 11.5. The lowest BCUT2D eigenvalue weighted by Gasteiger charge is -2.11. The average Bonchev–Trinajstić information content (AvgIpc) is 2.58. The highest BCUT2D eigenvalue weighted by Crippen LogP contribution is 2.29. The maximum absolute atomic E-state index is 11.9. The van der Waals surface area contributed by atoms with Crippen LogP contribution in [0.25, 0.3) is 11.1 Å². The molecule has 1 amide bonds. The van der Waals surface area contributed by atoms with Gasteiger partial charge in [-0.15, -0.1) is 0 Å². The number of hydrogen-bond acceptors (Lipinski definition) is 3. The van der Waals surface area contributed by atoms with E-state index in [0.717, 1.165) is 22.3 Å². The summed E-state index contributed by atoms with van der Waals surface area (Å²) in [7, 11) is 2.98. The number of rotatable bonds is 5. The molecule has 0 spiro atoms. The summed E-state index contributed by atoms with van der Waals surface area (Å²) in [5.74, 6) is -0.267. The number of oxime groups is 1. The van der Waals surface area contributed by atoms with E-state index in [-0.39, 0.29) is 5.91 Å². The van der Waals surface area contributed by atoms with Gasteiger partial charge in [-0.05, 0) is 41.3 Å². The first-order chi connectivity index (χ1) is 11.5. The summed E-state index contributed by atoms with van der Waals surface area (Å²) in [6.45, 7) is 1.99. The molecule has 24 heavy (non-hydrogen) atoms. The number of benzene rings is 2. The van der Waals surface area contributed by atoms with Gasteiger partial charge in [0.25, 0.3) is 5.91 Å². The molecule has 0 atom stereocenters. The molecule has 6 heteroatoms. The van der Waals surface area contributed by atoms with Crippen LogP contribution >= 0.6 is 23.2 Å². The normalized spacial score (nSPS) is 11.3. The van der Waals surface area contributed by atoms with Crippen LogP contribution in [0.3, 0.4) is 0 Å². The Morgan fingerprint density at radius 3 is 2.42 bits per heavy atom. The SMILES string of the molecule is CNC(=O)C(Cc1cc(-c2ccc(Cl)c(Cl)c2)ccc1C)=NOC. The Morgan fingerprint density at radius 2 is 1.79 bits per heavy atom. The quantitative estimate of drug-likeness (QED) is 0.636. The lowest BCUT2D eigenvalue weighted by Crippen LogP contribution is -2.29. The second-order valence-electron chi connectivity index (χ2n) is 5.25. The summed E-state index contributed by atoms with van der Waals surface area (Å²) < 4.78 is 0. The molecule has 0 radical (unpaired) electrons. The van der Waals surface area contributed by atoms with Gasteiger partial charge in [-0.25, -0.2) is 0 Å². The molecule has 0 fully saturated rings.